The topological polar surface area (TPSA) is 70.2 Å². The number of thiocarbonyl (C=S) groups is 1. The SMILES string of the molecule is CCCCCC(=O)NNC(=S)NC(=O)C(C)C. The molecule has 0 unspecified atom stereocenters. The van der Waals surface area contributed by atoms with Crippen LogP contribution in [0.25, 0.3) is 0 Å². The maximum absolute atomic E-state index is 11.3. The number of nitrogens with one attached hydrogen (secondary N) is 3. The lowest BCUT2D eigenvalue weighted by Crippen LogP contribution is -2.49. The smallest absolute Gasteiger partial charge is 0.238 e. The fourth-order valence-corrected chi connectivity index (χ4v) is 1.16. The van der Waals surface area contributed by atoms with Gasteiger partial charge in [0.25, 0.3) is 0 Å². The fourth-order valence-electron chi connectivity index (χ4n) is 1.01. The molecule has 0 spiro atoms. The van der Waals surface area contributed by atoms with E-state index in [0.29, 0.717) is 6.42 Å². The van der Waals surface area contributed by atoms with Gasteiger partial charge in [-0.3, -0.25) is 20.4 Å². The van der Waals surface area contributed by atoms with E-state index in [0.717, 1.165) is 19.3 Å². The van der Waals surface area contributed by atoms with Gasteiger partial charge in [0, 0.05) is 12.3 Å². The molecular weight excluding hydrogens is 238 g/mol. The quantitative estimate of drug-likeness (QED) is 0.395. The predicted molar refractivity (Wildman–Crippen MR) is 71.0 cm³/mol. The molecule has 0 rings (SSSR count). The van der Waals surface area contributed by atoms with Gasteiger partial charge in [0.05, 0.1) is 0 Å². The highest BCUT2D eigenvalue weighted by Gasteiger charge is 2.08. The van der Waals surface area contributed by atoms with Crippen molar-refractivity contribution in [3.8, 4) is 0 Å². The van der Waals surface area contributed by atoms with Crippen LogP contribution in [0.15, 0.2) is 0 Å². The van der Waals surface area contributed by atoms with Crippen molar-refractivity contribution in [2.75, 3.05) is 0 Å². The predicted octanol–water partition coefficient (Wildman–Crippen LogP) is 1.24. The van der Waals surface area contributed by atoms with Gasteiger partial charge in [0.1, 0.15) is 0 Å². The minimum atomic E-state index is -0.178. The van der Waals surface area contributed by atoms with Crippen LogP contribution in [0.3, 0.4) is 0 Å². The van der Waals surface area contributed by atoms with Gasteiger partial charge < -0.3 is 5.32 Å². The zero-order valence-corrected chi connectivity index (χ0v) is 11.4. The number of carbonyl (C=O) groups is 2. The van der Waals surface area contributed by atoms with E-state index in [1.54, 1.807) is 13.8 Å². The Balaban J connectivity index is 3.69. The molecule has 0 bridgehead atoms. The first-order valence-corrected chi connectivity index (χ1v) is 6.27. The van der Waals surface area contributed by atoms with Crippen LogP contribution in [0.2, 0.25) is 0 Å². The molecule has 17 heavy (non-hydrogen) atoms. The molecule has 0 saturated carbocycles. The second-order valence-corrected chi connectivity index (χ2v) is 4.51. The summed E-state index contributed by atoms with van der Waals surface area (Å²) in [5.41, 5.74) is 4.94. The van der Waals surface area contributed by atoms with E-state index in [-0.39, 0.29) is 22.8 Å². The Morgan fingerprint density at radius 3 is 2.35 bits per heavy atom. The minimum absolute atomic E-state index is 0.118. The van der Waals surface area contributed by atoms with E-state index < -0.39 is 0 Å². The Labute approximate surface area is 108 Å². The monoisotopic (exact) mass is 259 g/mol. The van der Waals surface area contributed by atoms with Gasteiger partial charge in [0.15, 0.2) is 5.11 Å². The number of hydrogen-bond donors (Lipinski definition) is 3. The molecule has 2 amide bonds. The van der Waals surface area contributed by atoms with Crippen molar-refractivity contribution in [1.29, 1.82) is 0 Å². The number of hydrogen-bond acceptors (Lipinski definition) is 3. The lowest BCUT2D eigenvalue weighted by atomic mass is 10.2. The van der Waals surface area contributed by atoms with E-state index in [1.165, 1.54) is 0 Å². The number of carbonyl (C=O) groups excluding carboxylic acids is 2. The third-order valence-electron chi connectivity index (χ3n) is 2.08. The molecule has 6 heteroatoms. The number of rotatable bonds is 5. The molecule has 0 atom stereocenters. The van der Waals surface area contributed by atoms with Crippen LogP contribution in [0.5, 0.6) is 0 Å². The first kappa shape index (κ1) is 15.8. The molecule has 3 N–H and O–H groups in total. The molecular formula is C11H21N3O2S. The molecule has 5 nitrogen and oxygen atoms in total. The molecule has 0 aliphatic heterocycles. The van der Waals surface area contributed by atoms with Gasteiger partial charge in [-0.25, -0.2) is 0 Å². The van der Waals surface area contributed by atoms with Crippen LogP contribution in [0.4, 0.5) is 0 Å². The third-order valence-corrected chi connectivity index (χ3v) is 2.29. The zero-order chi connectivity index (χ0) is 13.3. The van der Waals surface area contributed by atoms with Gasteiger partial charge in [0.2, 0.25) is 11.8 Å². The minimum Gasteiger partial charge on any atom is -0.302 e. The van der Waals surface area contributed by atoms with Gasteiger partial charge >= 0.3 is 0 Å². The summed E-state index contributed by atoms with van der Waals surface area (Å²) in [4.78, 5) is 22.6. The standard InChI is InChI=1S/C11H21N3O2S/c1-4-5-6-7-9(15)13-14-11(17)12-10(16)8(2)3/h8H,4-7H2,1-3H3,(H,13,15)(H2,12,14,16,17). The van der Waals surface area contributed by atoms with Crippen molar-refractivity contribution in [1.82, 2.24) is 16.2 Å². The van der Waals surface area contributed by atoms with Crippen molar-refractivity contribution < 1.29 is 9.59 Å². The molecule has 0 saturated heterocycles. The number of hydrazine groups is 1. The van der Waals surface area contributed by atoms with Gasteiger partial charge in [-0.1, -0.05) is 33.6 Å². The molecule has 0 aliphatic carbocycles. The second kappa shape index (κ2) is 8.92. The Morgan fingerprint density at radius 1 is 1.18 bits per heavy atom. The molecule has 0 aliphatic rings. The summed E-state index contributed by atoms with van der Waals surface area (Å²) in [6.07, 6.45) is 3.42. The lowest BCUT2D eigenvalue weighted by molar-refractivity contribution is -0.123. The Hall–Kier alpha value is -1.17. The van der Waals surface area contributed by atoms with E-state index >= 15 is 0 Å². The summed E-state index contributed by atoms with van der Waals surface area (Å²) in [6.45, 7) is 5.61. The van der Waals surface area contributed by atoms with E-state index in [1.807, 2.05) is 0 Å². The highest BCUT2D eigenvalue weighted by molar-refractivity contribution is 7.80. The highest BCUT2D eigenvalue weighted by Crippen LogP contribution is 1.97. The summed E-state index contributed by atoms with van der Waals surface area (Å²) in [7, 11) is 0. The molecule has 0 aromatic rings. The van der Waals surface area contributed by atoms with Crippen molar-refractivity contribution in [2.45, 2.75) is 46.5 Å². The largest absolute Gasteiger partial charge is 0.302 e. The van der Waals surface area contributed by atoms with E-state index in [4.69, 9.17) is 12.2 Å². The number of amides is 2. The summed E-state index contributed by atoms with van der Waals surface area (Å²) >= 11 is 4.85. The Kier molecular flexibility index (Phi) is 8.31. The maximum Gasteiger partial charge on any atom is 0.238 e. The van der Waals surface area contributed by atoms with Crippen molar-refractivity contribution >= 4 is 29.1 Å². The first-order chi connectivity index (χ1) is 7.97. The lowest BCUT2D eigenvalue weighted by Gasteiger charge is -2.11. The van der Waals surface area contributed by atoms with Crippen LogP contribution in [-0.2, 0) is 9.59 Å². The van der Waals surface area contributed by atoms with Gasteiger partial charge in [-0.15, -0.1) is 0 Å². The van der Waals surface area contributed by atoms with Gasteiger partial charge in [-0.05, 0) is 18.6 Å². The normalized spacial score (nSPS) is 9.88. The number of unbranched alkanes of at least 4 members (excludes halogenated alkanes) is 2. The van der Waals surface area contributed by atoms with Crippen LogP contribution in [-0.4, -0.2) is 16.9 Å². The molecule has 0 aromatic carbocycles. The van der Waals surface area contributed by atoms with E-state index in [9.17, 15) is 9.59 Å². The van der Waals surface area contributed by atoms with Crippen molar-refractivity contribution in [3.05, 3.63) is 0 Å². The summed E-state index contributed by atoms with van der Waals surface area (Å²) in [5, 5.41) is 2.59. The first-order valence-electron chi connectivity index (χ1n) is 5.87. The van der Waals surface area contributed by atoms with Crippen LogP contribution < -0.4 is 16.2 Å². The summed E-state index contributed by atoms with van der Waals surface area (Å²) in [5.74, 6) is -0.447. The summed E-state index contributed by atoms with van der Waals surface area (Å²) < 4.78 is 0. The fraction of sp³-hybridized carbons (Fsp3) is 0.727. The average molecular weight is 259 g/mol. The zero-order valence-electron chi connectivity index (χ0n) is 10.6. The van der Waals surface area contributed by atoms with Crippen LogP contribution in [0, 0.1) is 5.92 Å². The molecule has 0 fully saturated rings. The Morgan fingerprint density at radius 2 is 1.82 bits per heavy atom. The van der Waals surface area contributed by atoms with Crippen LogP contribution >= 0.6 is 12.2 Å². The Bertz CT molecular complexity index is 280. The molecule has 0 aromatic heterocycles. The van der Waals surface area contributed by atoms with Crippen LogP contribution in [0.1, 0.15) is 46.5 Å². The van der Waals surface area contributed by atoms with Crippen molar-refractivity contribution in [2.24, 2.45) is 5.92 Å². The summed E-state index contributed by atoms with van der Waals surface area (Å²) in [6, 6.07) is 0. The van der Waals surface area contributed by atoms with Gasteiger partial charge in [-0.2, -0.15) is 0 Å². The highest BCUT2D eigenvalue weighted by atomic mass is 32.1. The second-order valence-electron chi connectivity index (χ2n) is 4.10. The maximum atomic E-state index is 11.3. The molecule has 98 valence electrons. The third kappa shape index (κ3) is 8.62. The van der Waals surface area contributed by atoms with Crippen molar-refractivity contribution in [3.63, 3.8) is 0 Å². The molecule has 0 radical (unpaired) electrons. The molecule has 0 heterocycles. The average Bonchev–Trinajstić information content (AvgIpc) is 2.26. The van der Waals surface area contributed by atoms with E-state index in [2.05, 4.69) is 23.1 Å².